The lowest BCUT2D eigenvalue weighted by Crippen LogP contribution is -2.49. The molecular formula is C19H24N2O3. The molecule has 1 aromatic carbocycles. The molecule has 3 heterocycles. The number of ether oxygens (including phenoxy) is 1. The fourth-order valence-electron chi connectivity index (χ4n) is 4.51. The van der Waals surface area contributed by atoms with Gasteiger partial charge in [0.2, 0.25) is 0 Å². The minimum absolute atomic E-state index is 0.0250. The van der Waals surface area contributed by atoms with Crippen molar-refractivity contribution in [2.75, 3.05) is 33.4 Å². The average Bonchev–Trinajstić information content (AvgIpc) is 3.00. The molecule has 2 aromatic rings. The zero-order chi connectivity index (χ0) is 16.7. The van der Waals surface area contributed by atoms with Crippen molar-refractivity contribution >= 4 is 10.9 Å². The number of aromatic amines is 1. The SMILES string of the molecule is COc1cccc2c3c([nH]c12)[C@H]1N(CC=C[C@]1(CO)CCO)CC3. The summed E-state index contributed by atoms with van der Waals surface area (Å²) in [4.78, 5) is 5.99. The van der Waals surface area contributed by atoms with Crippen LogP contribution in [0.15, 0.2) is 30.4 Å². The number of H-pyrrole nitrogens is 1. The highest BCUT2D eigenvalue weighted by atomic mass is 16.5. The molecule has 2 atom stereocenters. The van der Waals surface area contributed by atoms with E-state index in [1.54, 1.807) is 7.11 Å². The van der Waals surface area contributed by atoms with Crippen molar-refractivity contribution in [3.63, 3.8) is 0 Å². The molecule has 2 aliphatic rings. The third-order valence-electron chi connectivity index (χ3n) is 5.65. The van der Waals surface area contributed by atoms with Crippen LogP contribution in [-0.4, -0.2) is 53.5 Å². The predicted octanol–water partition coefficient (Wildman–Crippen LogP) is 2.01. The van der Waals surface area contributed by atoms with E-state index in [-0.39, 0.29) is 19.3 Å². The molecule has 0 radical (unpaired) electrons. The van der Waals surface area contributed by atoms with E-state index >= 15 is 0 Å². The second-order valence-corrected chi connectivity index (χ2v) is 6.81. The van der Waals surface area contributed by atoms with Gasteiger partial charge in [0.25, 0.3) is 0 Å². The number of aliphatic hydroxyl groups excluding tert-OH is 2. The van der Waals surface area contributed by atoms with Gasteiger partial charge in [-0.3, -0.25) is 4.90 Å². The summed E-state index contributed by atoms with van der Waals surface area (Å²) in [7, 11) is 1.69. The number of nitrogens with zero attached hydrogens (tertiary/aromatic N) is 1. The number of rotatable bonds is 4. The number of aromatic nitrogens is 1. The fourth-order valence-corrected chi connectivity index (χ4v) is 4.51. The van der Waals surface area contributed by atoms with Crippen LogP contribution in [0.5, 0.6) is 5.75 Å². The molecule has 5 nitrogen and oxygen atoms in total. The molecule has 3 N–H and O–H groups in total. The van der Waals surface area contributed by atoms with Crippen molar-refractivity contribution < 1.29 is 14.9 Å². The van der Waals surface area contributed by atoms with E-state index in [0.717, 1.165) is 36.5 Å². The molecule has 5 heteroatoms. The van der Waals surface area contributed by atoms with Crippen molar-refractivity contribution in [1.82, 2.24) is 9.88 Å². The first-order valence-corrected chi connectivity index (χ1v) is 8.55. The zero-order valence-corrected chi connectivity index (χ0v) is 14.0. The van der Waals surface area contributed by atoms with Gasteiger partial charge in [-0.2, -0.15) is 0 Å². The van der Waals surface area contributed by atoms with Crippen LogP contribution >= 0.6 is 0 Å². The normalized spacial score (nSPS) is 26.4. The van der Waals surface area contributed by atoms with Crippen LogP contribution in [-0.2, 0) is 6.42 Å². The van der Waals surface area contributed by atoms with E-state index < -0.39 is 5.41 Å². The van der Waals surface area contributed by atoms with Crippen molar-refractivity contribution in [1.29, 1.82) is 0 Å². The molecule has 2 aliphatic heterocycles. The van der Waals surface area contributed by atoms with Gasteiger partial charge in [-0.05, 0) is 24.5 Å². The van der Waals surface area contributed by atoms with Gasteiger partial charge >= 0.3 is 0 Å². The van der Waals surface area contributed by atoms with Crippen molar-refractivity contribution in [2.45, 2.75) is 18.9 Å². The summed E-state index contributed by atoms with van der Waals surface area (Å²) in [5, 5.41) is 21.0. The van der Waals surface area contributed by atoms with E-state index in [2.05, 4.69) is 28.1 Å². The molecule has 0 aliphatic carbocycles. The van der Waals surface area contributed by atoms with Gasteiger partial charge in [-0.25, -0.2) is 0 Å². The second kappa shape index (κ2) is 5.92. The zero-order valence-electron chi connectivity index (χ0n) is 14.0. The Morgan fingerprint density at radius 3 is 3.00 bits per heavy atom. The van der Waals surface area contributed by atoms with Crippen LogP contribution in [0.25, 0.3) is 10.9 Å². The minimum Gasteiger partial charge on any atom is -0.495 e. The molecule has 0 amide bonds. The highest BCUT2D eigenvalue weighted by Gasteiger charge is 2.46. The van der Waals surface area contributed by atoms with Gasteiger partial charge < -0.3 is 19.9 Å². The highest BCUT2D eigenvalue weighted by Crippen LogP contribution is 2.49. The lowest BCUT2D eigenvalue weighted by Gasteiger charge is -2.48. The topological polar surface area (TPSA) is 68.7 Å². The van der Waals surface area contributed by atoms with Gasteiger partial charge in [0, 0.05) is 36.2 Å². The average molecular weight is 328 g/mol. The van der Waals surface area contributed by atoms with E-state index in [1.165, 1.54) is 10.9 Å². The van der Waals surface area contributed by atoms with Crippen molar-refractivity contribution in [3.8, 4) is 5.75 Å². The van der Waals surface area contributed by atoms with Crippen molar-refractivity contribution in [3.05, 3.63) is 41.6 Å². The number of hydrogen-bond donors (Lipinski definition) is 3. The second-order valence-electron chi connectivity index (χ2n) is 6.81. The molecule has 4 rings (SSSR count). The maximum Gasteiger partial charge on any atom is 0.142 e. The molecule has 128 valence electrons. The predicted molar refractivity (Wildman–Crippen MR) is 93.2 cm³/mol. The summed E-state index contributed by atoms with van der Waals surface area (Å²) in [6.45, 7) is 1.93. The van der Waals surface area contributed by atoms with Crippen LogP contribution in [0.1, 0.15) is 23.7 Å². The summed E-state index contributed by atoms with van der Waals surface area (Å²) in [6.07, 6.45) is 5.75. The maximum absolute atomic E-state index is 10.2. The minimum atomic E-state index is -0.448. The number of nitrogens with one attached hydrogen (secondary N) is 1. The Morgan fingerprint density at radius 2 is 2.25 bits per heavy atom. The molecule has 24 heavy (non-hydrogen) atoms. The summed E-state index contributed by atoms with van der Waals surface area (Å²) in [5.74, 6) is 0.844. The maximum atomic E-state index is 10.2. The number of methoxy groups -OCH3 is 1. The monoisotopic (exact) mass is 328 g/mol. The largest absolute Gasteiger partial charge is 0.495 e. The first kappa shape index (κ1) is 15.7. The quantitative estimate of drug-likeness (QED) is 0.751. The number of benzene rings is 1. The van der Waals surface area contributed by atoms with E-state index in [9.17, 15) is 10.2 Å². The molecule has 0 unspecified atom stereocenters. The van der Waals surface area contributed by atoms with Gasteiger partial charge in [-0.1, -0.05) is 24.3 Å². The Balaban J connectivity index is 1.92. The Kier molecular flexibility index (Phi) is 3.87. The van der Waals surface area contributed by atoms with Gasteiger partial charge in [0.1, 0.15) is 5.75 Å². The van der Waals surface area contributed by atoms with Gasteiger partial charge in [0.15, 0.2) is 0 Å². The standard InChI is InChI=1S/C19H24N2O3/c1-24-15-5-2-4-13-14-6-10-21-9-3-7-19(12-23,8-11-22)18(21)17(14)20-16(13)15/h2-5,7,18,20,22-23H,6,8-12H2,1H3/t18-,19-/m1/s1. The smallest absolute Gasteiger partial charge is 0.142 e. The summed E-state index contributed by atoms with van der Waals surface area (Å²) >= 11 is 0. The molecule has 0 saturated heterocycles. The number of para-hydroxylation sites is 1. The van der Waals surface area contributed by atoms with Crippen molar-refractivity contribution in [2.24, 2.45) is 5.41 Å². The number of aliphatic hydroxyl groups is 2. The molecule has 0 spiro atoms. The Morgan fingerprint density at radius 1 is 1.38 bits per heavy atom. The number of fused-ring (bicyclic) bond motifs is 5. The lowest BCUT2D eigenvalue weighted by atomic mass is 9.71. The molecular weight excluding hydrogens is 304 g/mol. The molecule has 1 aromatic heterocycles. The van der Waals surface area contributed by atoms with E-state index in [4.69, 9.17) is 4.74 Å². The fraction of sp³-hybridized carbons (Fsp3) is 0.474. The third-order valence-corrected chi connectivity index (χ3v) is 5.65. The Hall–Kier alpha value is -1.82. The lowest BCUT2D eigenvalue weighted by molar-refractivity contribution is 0.0163. The summed E-state index contributed by atoms with van der Waals surface area (Å²) < 4.78 is 5.52. The first-order chi connectivity index (χ1) is 11.7. The van der Waals surface area contributed by atoms with E-state index in [1.807, 2.05) is 12.1 Å². The Labute approximate surface area is 141 Å². The first-order valence-electron chi connectivity index (χ1n) is 8.55. The summed E-state index contributed by atoms with van der Waals surface area (Å²) in [6, 6.07) is 6.18. The Bertz CT molecular complexity index is 782. The van der Waals surface area contributed by atoms with Gasteiger partial charge in [-0.15, -0.1) is 0 Å². The highest BCUT2D eigenvalue weighted by molar-refractivity contribution is 5.90. The number of hydrogen-bond acceptors (Lipinski definition) is 4. The third kappa shape index (κ3) is 2.12. The van der Waals surface area contributed by atoms with Crippen LogP contribution < -0.4 is 4.74 Å². The van der Waals surface area contributed by atoms with Gasteiger partial charge in [0.05, 0.1) is 25.3 Å². The molecule has 0 fully saturated rings. The summed E-state index contributed by atoms with van der Waals surface area (Å²) in [5.41, 5.74) is 3.05. The van der Waals surface area contributed by atoms with Crippen LogP contribution in [0.3, 0.4) is 0 Å². The van der Waals surface area contributed by atoms with Crippen LogP contribution in [0.4, 0.5) is 0 Å². The molecule has 0 bridgehead atoms. The van der Waals surface area contributed by atoms with Crippen LogP contribution in [0.2, 0.25) is 0 Å². The van der Waals surface area contributed by atoms with Crippen LogP contribution in [0, 0.1) is 5.41 Å². The van der Waals surface area contributed by atoms with E-state index in [0.29, 0.717) is 6.42 Å². The molecule has 0 saturated carbocycles.